The molecule has 1 aliphatic heterocycles. The van der Waals surface area contributed by atoms with Gasteiger partial charge in [0.25, 0.3) is 0 Å². The van der Waals surface area contributed by atoms with Crippen LogP contribution in [0, 0.1) is 0 Å². The topological polar surface area (TPSA) is 71.4 Å². The fourth-order valence-corrected chi connectivity index (χ4v) is 4.34. The molecule has 1 unspecified atom stereocenters. The van der Waals surface area contributed by atoms with Gasteiger partial charge in [-0.1, -0.05) is 19.1 Å². The van der Waals surface area contributed by atoms with Gasteiger partial charge in [-0.3, -0.25) is 4.79 Å². The molecule has 1 aromatic carbocycles. The van der Waals surface area contributed by atoms with Crippen molar-refractivity contribution < 1.29 is 18.3 Å². The first-order valence-electron chi connectivity index (χ1n) is 5.48. The summed E-state index contributed by atoms with van der Waals surface area (Å²) in [6.07, 6.45) is 0.418. The van der Waals surface area contributed by atoms with Crippen molar-refractivity contribution in [3.63, 3.8) is 0 Å². The van der Waals surface area contributed by atoms with E-state index in [1.165, 1.54) is 0 Å². The summed E-state index contributed by atoms with van der Waals surface area (Å²) in [5, 5.41) is 8.67. The molecule has 0 saturated carbocycles. The summed E-state index contributed by atoms with van der Waals surface area (Å²) in [7, 11) is -3.16. The Balaban J connectivity index is 2.44. The lowest BCUT2D eigenvalue weighted by atomic mass is 9.95. The van der Waals surface area contributed by atoms with E-state index >= 15 is 0 Å². The van der Waals surface area contributed by atoms with Crippen LogP contribution in [-0.2, 0) is 21.1 Å². The summed E-state index contributed by atoms with van der Waals surface area (Å²) in [6.45, 7) is 1.87. The fraction of sp³-hybridized carbons (Fsp3) is 0.417. The highest BCUT2D eigenvalue weighted by molar-refractivity contribution is 7.91. The van der Waals surface area contributed by atoms with Gasteiger partial charge >= 0.3 is 5.97 Å². The zero-order valence-electron chi connectivity index (χ0n) is 9.51. The van der Waals surface area contributed by atoms with E-state index in [1.807, 2.05) is 13.0 Å². The van der Waals surface area contributed by atoms with Crippen molar-refractivity contribution in [2.75, 3.05) is 5.75 Å². The molecule has 5 heteroatoms. The maximum absolute atomic E-state index is 11.8. The lowest BCUT2D eigenvalue weighted by Crippen LogP contribution is -2.02. The summed E-state index contributed by atoms with van der Waals surface area (Å²) >= 11 is 0. The SMILES string of the molecule is CC1CS(=O)(=O)c2cccc(CCC(=O)O)c21. The van der Waals surface area contributed by atoms with Crippen LogP contribution in [0.2, 0.25) is 0 Å². The van der Waals surface area contributed by atoms with Crippen LogP contribution in [0.1, 0.15) is 30.4 Å². The maximum Gasteiger partial charge on any atom is 0.303 e. The van der Waals surface area contributed by atoms with Gasteiger partial charge in [0, 0.05) is 6.42 Å². The summed E-state index contributed by atoms with van der Waals surface area (Å²) in [5.74, 6) is -0.775. The number of carboxylic acids is 1. The molecule has 1 atom stereocenters. The largest absolute Gasteiger partial charge is 0.481 e. The number of aliphatic carboxylic acids is 1. The van der Waals surface area contributed by atoms with Crippen molar-refractivity contribution in [3.05, 3.63) is 29.3 Å². The van der Waals surface area contributed by atoms with Crippen molar-refractivity contribution in [3.8, 4) is 0 Å². The highest BCUT2D eigenvalue weighted by Crippen LogP contribution is 2.37. The van der Waals surface area contributed by atoms with Crippen molar-refractivity contribution >= 4 is 15.8 Å². The molecule has 17 heavy (non-hydrogen) atoms. The molecule has 0 radical (unpaired) electrons. The molecular formula is C12H14O4S. The minimum Gasteiger partial charge on any atom is -0.481 e. The average Bonchev–Trinajstić information content (AvgIpc) is 2.47. The van der Waals surface area contributed by atoms with Gasteiger partial charge in [-0.05, 0) is 29.5 Å². The monoisotopic (exact) mass is 254 g/mol. The highest BCUT2D eigenvalue weighted by Gasteiger charge is 2.33. The van der Waals surface area contributed by atoms with Crippen LogP contribution in [0.5, 0.6) is 0 Å². The molecule has 0 saturated heterocycles. The highest BCUT2D eigenvalue weighted by atomic mass is 32.2. The predicted octanol–water partition coefficient (Wildman–Crippen LogP) is 1.59. The molecule has 1 aromatic rings. The number of sulfone groups is 1. The summed E-state index contributed by atoms with van der Waals surface area (Å²) < 4.78 is 23.7. The van der Waals surface area contributed by atoms with Crippen LogP contribution in [0.3, 0.4) is 0 Å². The Labute approximate surface area is 100 Å². The molecular weight excluding hydrogens is 240 g/mol. The molecule has 0 bridgehead atoms. The summed E-state index contributed by atoms with van der Waals surface area (Å²) in [4.78, 5) is 10.9. The van der Waals surface area contributed by atoms with E-state index in [0.717, 1.165) is 11.1 Å². The minimum atomic E-state index is -3.16. The number of hydrogen-bond acceptors (Lipinski definition) is 3. The van der Waals surface area contributed by atoms with E-state index < -0.39 is 15.8 Å². The van der Waals surface area contributed by atoms with E-state index in [1.54, 1.807) is 12.1 Å². The van der Waals surface area contributed by atoms with E-state index in [4.69, 9.17) is 5.11 Å². The number of carbonyl (C=O) groups is 1. The van der Waals surface area contributed by atoms with Crippen molar-refractivity contribution in [1.29, 1.82) is 0 Å². The van der Waals surface area contributed by atoms with Crippen molar-refractivity contribution in [2.45, 2.75) is 30.6 Å². The van der Waals surface area contributed by atoms with Gasteiger partial charge in [0.1, 0.15) is 0 Å². The van der Waals surface area contributed by atoms with Crippen LogP contribution < -0.4 is 0 Å². The minimum absolute atomic E-state index is 0.0310. The lowest BCUT2D eigenvalue weighted by Gasteiger charge is -2.09. The summed E-state index contributed by atoms with van der Waals surface area (Å²) in [5.41, 5.74) is 1.66. The van der Waals surface area contributed by atoms with E-state index in [0.29, 0.717) is 11.3 Å². The molecule has 2 rings (SSSR count). The van der Waals surface area contributed by atoms with Crippen molar-refractivity contribution in [1.82, 2.24) is 0 Å². The van der Waals surface area contributed by atoms with Gasteiger partial charge in [0.05, 0.1) is 10.6 Å². The summed E-state index contributed by atoms with van der Waals surface area (Å²) in [6, 6.07) is 5.11. The van der Waals surface area contributed by atoms with Gasteiger partial charge in [-0.15, -0.1) is 0 Å². The fourth-order valence-electron chi connectivity index (χ4n) is 2.38. The molecule has 1 N–H and O–H groups in total. The van der Waals surface area contributed by atoms with Gasteiger partial charge in [-0.25, -0.2) is 8.42 Å². The second kappa shape index (κ2) is 4.14. The first-order valence-corrected chi connectivity index (χ1v) is 7.13. The Morgan fingerprint density at radius 3 is 2.82 bits per heavy atom. The van der Waals surface area contributed by atoms with E-state index in [9.17, 15) is 13.2 Å². The number of benzene rings is 1. The van der Waals surface area contributed by atoms with E-state index in [-0.39, 0.29) is 18.1 Å². The number of hydrogen-bond donors (Lipinski definition) is 1. The molecule has 0 spiro atoms. The van der Waals surface area contributed by atoms with Crippen LogP contribution >= 0.6 is 0 Å². The number of carboxylic acid groups (broad SMARTS) is 1. The number of aryl methyl sites for hydroxylation is 1. The molecule has 0 aliphatic carbocycles. The van der Waals surface area contributed by atoms with E-state index in [2.05, 4.69) is 0 Å². The van der Waals surface area contributed by atoms with Crippen LogP contribution in [0.4, 0.5) is 0 Å². The second-order valence-corrected chi connectivity index (χ2v) is 6.41. The molecule has 0 amide bonds. The molecule has 0 aromatic heterocycles. The predicted molar refractivity (Wildman–Crippen MR) is 62.9 cm³/mol. The molecule has 4 nitrogen and oxygen atoms in total. The molecule has 0 fully saturated rings. The smallest absolute Gasteiger partial charge is 0.303 e. The average molecular weight is 254 g/mol. The quantitative estimate of drug-likeness (QED) is 0.889. The van der Waals surface area contributed by atoms with Gasteiger partial charge in [0.2, 0.25) is 0 Å². The van der Waals surface area contributed by atoms with Crippen LogP contribution in [-0.4, -0.2) is 25.2 Å². The number of fused-ring (bicyclic) bond motifs is 1. The third kappa shape index (κ3) is 2.20. The second-order valence-electron chi connectivity index (χ2n) is 4.41. The normalized spacial score (nSPS) is 21.1. The zero-order valence-corrected chi connectivity index (χ0v) is 10.3. The zero-order chi connectivity index (χ0) is 12.6. The third-order valence-electron chi connectivity index (χ3n) is 3.06. The maximum atomic E-state index is 11.8. The standard InChI is InChI=1S/C12H14O4S/c1-8-7-17(15,16)10-4-2-3-9(12(8)10)5-6-11(13)14/h2-4,8H,5-7H2,1H3,(H,13,14). The van der Waals surface area contributed by atoms with Gasteiger partial charge in [-0.2, -0.15) is 0 Å². The lowest BCUT2D eigenvalue weighted by molar-refractivity contribution is -0.136. The van der Waals surface area contributed by atoms with Crippen molar-refractivity contribution in [2.24, 2.45) is 0 Å². The first-order chi connectivity index (χ1) is 7.92. The molecule has 92 valence electrons. The van der Waals surface area contributed by atoms with Crippen LogP contribution in [0.25, 0.3) is 0 Å². The van der Waals surface area contributed by atoms with Gasteiger partial charge in [0.15, 0.2) is 9.84 Å². The third-order valence-corrected chi connectivity index (χ3v) is 5.03. The Morgan fingerprint density at radius 1 is 1.47 bits per heavy atom. The van der Waals surface area contributed by atoms with Gasteiger partial charge < -0.3 is 5.11 Å². The Bertz CT molecular complexity index is 560. The Kier molecular flexibility index (Phi) is 2.95. The molecule has 1 aliphatic rings. The Hall–Kier alpha value is -1.36. The molecule has 1 heterocycles. The number of rotatable bonds is 3. The Morgan fingerprint density at radius 2 is 2.18 bits per heavy atom. The first kappa shape index (κ1) is 12.1. The van der Waals surface area contributed by atoms with Crippen LogP contribution in [0.15, 0.2) is 23.1 Å².